The molecule has 4 N–H and O–H groups in total. The first-order valence-corrected chi connectivity index (χ1v) is 9.13. The number of rotatable bonds is 7. The molecule has 146 valence electrons. The molecular formula is C23H21N3O3. The van der Waals surface area contributed by atoms with Crippen molar-refractivity contribution in [1.29, 1.82) is 0 Å². The Bertz CT molecular complexity index is 1000. The van der Waals surface area contributed by atoms with Gasteiger partial charge in [0.25, 0.3) is 5.91 Å². The zero-order valence-corrected chi connectivity index (χ0v) is 15.7. The minimum atomic E-state index is -0.571. The second-order valence-corrected chi connectivity index (χ2v) is 6.50. The van der Waals surface area contributed by atoms with Gasteiger partial charge in [-0.15, -0.1) is 0 Å². The maximum absolute atomic E-state index is 12.6. The third kappa shape index (κ3) is 5.52. The van der Waals surface area contributed by atoms with E-state index in [1.54, 1.807) is 42.5 Å². The number of nitrogens with one attached hydrogen (secondary N) is 2. The van der Waals surface area contributed by atoms with Crippen LogP contribution in [0.2, 0.25) is 0 Å². The average Bonchev–Trinajstić information content (AvgIpc) is 2.74. The molecule has 1 unspecified atom stereocenters. The number of carbonyl (C=O) groups excluding carboxylic acids is 3. The number of carbonyl (C=O) groups is 3. The second kappa shape index (κ2) is 9.32. The molecule has 0 aliphatic rings. The van der Waals surface area contributed by atoms with E-state index in [-0.39, 0.29) is 18.2 Å². The molecule has 0 aliphatic heterocycles. The van der Waals surface area contributed by atoms with Gasteiger partial charge >= 0.3 is 0 Å². The molecule has 3 aromatic carbocycles. The predicted molar refractivity (Wildman–Crippen MR) is 111 cm³/mol. The molecule has 6 nitrogen and oxygen atoms in total. The van der Waals surface area contributed by atoms with Crippen molar-refractivity contribution in [2.24, 2.45) is 5.73 Å². The number of primary amides is 1. The van der Waals surface area contributed by atoms with Crippen LogP contribution >= 0.6 is 0 Å². The van der Waals surface area contributed by atoms with E-state index < -0.39 is 11.9 Å². The van der Waals surface area contributed by atoms with Crippen molar-refractivity contribution in [3.05, 3.63) is 102 Å². The summed E-state index contributed by atoms with van der Waals surface area (Å²) in [4.78, 5) is 36.5. The Balaban J connectivity index is 1.74. The predicted octanol–water partition coefficient (Wildman–Crippen LogP) is 3.29. The standard InChI is InChI=1S/C23H21N3O3/c24-22(28)18-12-7-13-19(14-18)25-21(27)15-20(16-8-3-1-4-9-16)26-23(29)17-10-5-2-6-11-17/h1-14,20H,15H2,(H2,24,28)(H,25,27)(H,26,29). The molecule has 29 heavy (non-hydrogen) atoms. The van der Waals surface area contributed by atoms with Crippen LogP contribution in [-0.2, 0) is 4.79 Å². The maximum atomic E-state index is 12.6. The highest BCUT2D eigenvalue weighted by molar-refractivity contribution is 5.97. The summed E-state index contributed by atoms with van der Waals surface area (Å²) in [5, 5.41) is 5.67. The summed E-state index contributed by atoms with van der Waals surface area (Å²) in [6, 6.07) is 24.0. The van der Waals surface area contributed by atoms with Gasteiger partial charge in [0.15, 0.2) is 0 Å². The van der Waals surface area contributed by atoms with E-state index >= 15 is 0 Å². The monoisotopic (exact) mass is 387 g/mol. The molecule has 0 fully saturated rings. The van der Waals surface area contributed by atoms with E-state index in [9.17, 15) is 14.4 Å². The number of hydrogen-bond donors (Lipinski definition) is 3. The Labute approximate surface area is 168 Å². The van der Waals surface area contributed by atoms with Crippen LogP contribution in [0.1, 0.15) is 38.7 Å². The molecule has 1 atom stereocenters. The number of amides is 3. The van der Waals surface area contributed by atoms with Gasteiger partial charge in [0.05, 0.1) is 12.5 Å². The molecule has 0 saturated heterocycles. The van der Waals surface area contributed by atoms with Gasteiger partial charge in [0.1, 0.15) is 0 Å². The number of hydrogen-bond acceptors (Lipinski definition) is 3. The summed E-state index contributed by atoms with van der Waals surface area (Å²) >= 11 is 0. The fourth-order valence-electron chi connectivity index (χ4n) is 2.92. The molecule has 0 spiro atoms. The second-order valence-electron chi connectivity index (χ2n) is 6.50. The van der Waals surface area contributed by atoms with Crippen LogP contribution in [0.15, 0.2) is 84.9 Å². The summed E-state index contributed by atoms with van der Waals surface area (Å²) in [7, 11) is 0. The lowest BCUT2D eigenvalue weighted by molar-refractivity contribution is -0.116. The molecule has 0 radical (unpaired) electrons. The smallest absolute Gasteiger partial charge is 0.251 e. The molecule has 3 amide bonds. The first-order chi connectivity index (χ1) is 14.0. The normalized spacial score (nSPS) is 11.3. The maximum Gasteiger partial charge on any atom is 0.251 e. The highest BCUT2D eigenvalue weighted by atomic mass is 16.2. The first kappa shape index (κ1) is 19.8. The minimum Gasteiger partial charge on any atom is -0.366 e. The van der Waals surface area contributed by atoms with Gasteiger partial charge in [-0.25, -0.2) is 0 Å². The molecule has 3 rings (SSSR count). The van der Waals surface area contributed by atoms with E-state index in [0.29, 0.717) is 16.8 Å². The fraction of sp³-hybridized carbons (Fsp3) is 0.0870. The third-order valence-corrected chi connectivity index (χ3v) is 4.36. The van der Waals surface area contributed by atoms with E-state index in [2.05, 4.69) is 10.6 Å². The first-order valence-electron chi connectivity index (χ1n) is 9.13. The topological polar surface area (TPSA) is 101 Å². The summed E-state index contributed by atoms with van der Waals surface area (Å²) in [6.45, 7) is 0. The van der Waals surface area contributed by atoms with Crippen molar-refractivity contribution in [3.63, 3.8) is 0 Å². The number of nitrogens with two attached hydrogens (primary N) is 1. The van der Waals surface area contributed by atoms with Crippen LogP contribution in [-0.4, -0.2) is 17.7 Å². The quantitative estimate of drug-likeness (QED) is 0.580. The van der Waals surface area contributed by atoms with Gasteiger partial charge in [-0.2, -0.15) is 0 Å². The highest BCUT2D eigenvalue weighted by Crippen LogP contribution is 2.19. The van der Waals surface area contributed by atoms with Crippen molar-refractivity contribution >= 4 is 23.4 Å². The molecule has 0 heterocycles. The Kier molecular flexibility index (Phi) is 6.37. The Morgan fingerprint density at radius 1 is 0.793 bits per heavy atom. The van der Waals surface area contributed by atoms with E-state index in [0.717, 1.165) is 5.56 Å². The number of benzene rings is 3. The van der Waals surface area contributed by atoms with Crippen molar-refractivity contribution in [3.8, 4) is 0 Å². The minimum absolute atomic E-state index is 0.0311. The number of anilines is 1. The molecule has 0 saturated carbocycles. The molecule has 0 bridgehead atoms. The zero-order valence-electron chi connectivity index (χ0n) is 15.7. The van der Waals surface area contributed by atoms with Gasteiger partial charge in [-0.05, 0) is 35.9 Å². The molecule has 0 aliphatic carbocycles. The highest BCUT2D eigenvalue weighted by Gasteiger charge is 2.19. The van der Waals surface area contributed by atoms with E-state index in [4.69, 9.17) is 5.73 Å². The Hall–Kier alpha value is -3.93. The van der Waals surface area contributed by atoms with Crippen molar-refractivity contribution in [2.75, 3.05) is 5.32 Å². The SMILES string of the molecule is NC(=O)c1cccc(NC(=O)CC(NC(=O)c2ccccc2)c2ccccc2)c1. The van der Waals surface area contributed by atoms with Crippen LogP contribution in [0, 0.1) is 0 Å². The van der Waals surface area contributed by atoms with Crippen LogP contribution in [0.25, 0.3) is 0 Å². The lowest BCUT2D eigenvalue weighted by Crippen LogP contribution is -2.31. The Morgan fingerprint density at radius 3 is 2.07 bits per heavy atom. The van der Waals surface area contributed by atoms with Crippen LogP contribution in [0.5, 0.6) is 0 Å². The summed E-state index contributed by atoms with van der Waals surface area (Å²) in [6.07, 6.45) is 0.0311. The van der Waals surface area contributed by atoms with Crippen LogP contribution in [0.3, 0.4) is 0 Å². The molecular weight excluding hydrogens is 366 g/mol. The van der Waals surface area contributed by atoms with Crippen molar-refractivity contribution < 1.29 is 14.4 Å². The Morgan fingerprint density at radius 2 is 1.41 bits per heavy atom. The average molecular weight is 387 g/mol. The van der Waals surface area contributed by atoms with Crippen molar-refractivity contribution in [2.45, 2.75) is 12.5 Å². The molecule has 3 aromatic rings. The van der Waals surface area contributed by atoms with Crippen molar-refractivity contribution in [1.82, 2.24) is 5.32 Å². The van der Waals surface area contributed by atoms with Crippen LogP contribution in [0.4, 0.5) is 5.69 Å². The van der Waals surface area contributed by atoms with Gasteiger partial charge in [0, 0.05) is 16.8 Å². The van der Waals surface area contributed by atoms with Gasteiger partial charge in [-0.1, -0.05) is 54.6 Å². The largest absolute Gasteiger partial charge is 0.366 e. The zero-order chi connectivity index (χ0) is 20.6. The lowest BCUT2D eigenvalue weighted by atomic mass is 10.0. The van der Waals surface area contributed by atoms with Gasteiger partial charge in [0.2, 0.25) is 11.8 Å². The third-order valence-electron chi connectivity index (χ3n) is 4.36. The van der Waals surface area contributed by atoms with Crippen LogP contribution < -0.4 is 16.4 Å². The summed E-state index contributed by atoms with van der Waals surface area (Å²) < 4.78 is 0. The fourth-order valence-corrected chi connectivity index (χ4v) is 2.92. The molecule has 0 aromatic heterocycles. The summed E-state index contributed by atoms with van der Waals surface area (Å²) in [5.74, 6) is -1.13. The van der Waals surface area contributed by atoms with Gasteiger partial charge in [-0.3, -0.25) is 14.4 Å². The summed E-state index contributed by atoms with van der Waals surface area (Å²) in [5.41, 5.74) is 7.39. The van der Waals surface area contributed by atoms with E-state index in [1.807, 2.05) is 36.4 Å². The molecule has 6 heteroatoms. The van der Waals surface area contributed by atoms with E-state index in [1.165, 1.54) is 6.07 Å². The lowest BCUT2D eigenvalue weighted by Gasteiger charge is -2.19. The van der Waals surface area contributed by atoms with Gasteiger partial charge < -0.3 is 16.4 Å².